The van der Waals surface area contributed by atoms with Crippen molar-refractivity contribution in [2.75, 3.05) is 23.8 Å². The molecule has 3 heterocycles. The number of anilines is 3. The zero-order valence-corrected chi connectivity index (χ0v) is 22.7. The van der Waals surface area contributed by atoms with Gasteiger partial charge in [-0.05, 0) is 67.9 Å². The van der Waals surface area contributed by atoms with Crippen LogP contribution in [0.3, 0.4) is 0 Å². The molecule has 0 spiro atoms. The van der Waals surface area contributed by atoms with Gasteiger partial charge in [-0.2, -0.15) is 5.26 Å². The van der Waals surface area contributed by atoms with Gasteiger partial charge in [-0.25, -0.2) is 9.97 Å². The fourth-order valence-corrected chi connectivity index (χ4v) is 5.05. The van der Waals surface area contributed by atoms with Gasteiger partial charge in [0.15, 0.2) is 8.32 Å². The SMILES string of the molecule is Cc1cc(Nc2nccc(-c3cc(C#N)c4c(c3)[C@@](C)(CO[Si](C)(C)C(C)C)CN4)n2)c(C)cn1. The average Bonchev–Trinajstić information content (AvgIpc) is 3.17. The van der Waals surface area contributed by atoms with Crippen LogP contribution in [0.25, 0.3) is 11.3 Å². The van der Waals surface area contributed by atoms with Crippen LogP contribution in [0.4, 0.5) is 17.3 Å². The van der Waals surface area contributed by atoms with Crippen LogP contribution in [0.15, 0.2) is 36.7 Å². The second-order valence-corrected chi connectivity index (χ2v) is 15.2. The first-order valence-electron chi connectivity index (χ1n) is 12.0. The number of nitrogens with one attached hydrogen (secondary N) is 2. The van der Waals surface area contributed by atoms with E-state index in [1.54, 1.807) is 6.20 Å². The minimum atomic E-state index is -1.80. The first-order chi connectivity index (χ1) is 16.5. The van der Waals surface area contributed by atoms with Crippen LogP contribution in [0.2, 0.25) is 18.6 Å². The van der Waals surface area contributed by atoms with E-state index in [0.29, 0.717) is 23.7 Å². The lowest BCUT2D eigenvalue weighted by Crippen LogP contribution is -2.41. The summed E-state index contributed by atoms with van der Waals surface area (Å²) in [5.74, 6) is 0.504. The van der Waals surface area contributed by atoms with E-state index in [4.69, 9.17) is 9.41 Å². The maximum Gasteiger partial charge on any atom is 0.227 e. The largest absolute Gasteiger partial charge is 0.416 e. The maximum atomic E-state index is 9.92. The predicted molar refractivity (Wildman–Crippen MR) is 144 cm³/mol. The molecule has 8 heteroatoms. The van der Waals surface area contributed by atoms with Crippen molar-refractivity contribution in [3.63, 3.8) is 0 Å². The van der Waals surface area contributed by atoms with E-state index >= 15 is 0 Å². The molecule has 0 fully saturated rings. The molecule has 0 amide bonds. The van der Waals surface area contributed by atoms with Crippen molar-refractivity contribution in [1.82, 2.24) is 15.0 Å². The molecule has 0 saturated heterocycles. The molecular weight excluding hydrogens is 452 g/mol. The van der Waals surface area contributed by atoms with Gasteiger partial charge in [0, 0.05) is 47.9 Å². The minimum absolute atomic E-state index is 0.226. The van der Waals surface area contributed by atoms with Gasteiger partial charge < -0.3 is 15.1 Å². The average molecular weight is 487 g/mol. The Morgan fingerprint density at radius 3 is 2.71 bits per heavy atom. The predicted octanol–water partition coefficient (Wildman–Crippen LogP) is 6.09. The Morgan fingerprint density at radius 1 is 1.23 bits per heavy atom. The Labute approximate surface area is 209 Å². The van der Waals surface area contributed by atoms with Crippen molar-refractivity contribution in [1.29, 1.82) is 5.26 Å². The van der Waals surface area contributed by atoms with Gasteiger partial charge in [0.05, 0.1) is 16.9 Å². The number of benzene rings is 1. The summed E-state index contributed by atoms with van der Waals surface area (Å²) in [5, 5.41) is 16.7. The highest BCUT2D eigenvalue weighted by Gasteiger charge is 2.39. The van der Waals surface area contributed by atoms with Crippen LogP contribution in [0, 0.1) is 25.2 Å². The van der Waals surface area contributed by atoms with Crippen molar-refractivity contribution in [2.45, 2.75) is 58.7 Å². The molecule has 7 nitrogen and oxygen atoms in total. The smallest absolute Gasteiger partial charge is 0.227 e. The normalized spacial score (nSPS) is 17.1. The van der Waals surface area contributed by atoms with Gasteiger partial charge in [-0.15, -0.1) is 0 Å². The van der Waals surface area contributed by atoms with Crippen LogP contribution in [0.1, 0.15) is 43.2 Å². The molecule has 3 aromatic rings. The molecular formula is C27H34N6OSi. The number of nitrogens with zero attached hydrogens (tertiary/aromatic N) is 4. The Bertz CT molecular complexity index is 1300. The number of hydrogen-bond donors (Lipinski definition) is 2. The standard InChI is InChI=1S/C27H34N6OSi/c1-17(2)35(6,7)34-16-27(5)15-31-25-21(13-28)11-20(12-22(25)27)23-8-9-29-26(32-23)33-24-10-19(4)30-14-18(24)3/h8-12,14,17,31H,15-16H2,1-7H3,(H,29,30,32,33)/t27-/m1/s1. The van der Waals surface area contributed by atoms with Crippen LogP contribution in [-0.2, 0) is 9.84 Å². The molecule has 0 radical (unpaired) electrons. The number of aryl methyl sites for hydroxylation is 2. The monoisotopic (exact) mass is 486 g/mol. The Morgan fingerprint density at radius 2 is 2.00 bits per heavy atom. The second kappa shape index (κ2) is 9.40. The number of aromatic nitrogens is 3. The number of nitriles is 1. The highest BCUT2D eigenvalue weighted by Crippen LogP contribution is 2.42. The number of hydrogen-bond acceptors (Lipinski definition) is 7. The van der Waals surface area contributed by atoms with Crippen molar-refractivity contribution in [2.24, 2.45) is 0 Å². The summed E-state index contributed by atoms with van der Waals surface area (Å²) in [6.07, 6.45) is 3.57. The topological polar surface area (TPSA) is 95.8 Å². The molecule has 35 heavy (non-hydrogen) atoms. The molecule has 1 atom stereocenters. The van der Waals surface area contributed by atoms with Gasteiger partial charge in [0.1, 0.15) is 6.07 Å². The van der Waals surface area contributed by atoms with E-state index in [-0.39, 0.29) is 5.41 Å². The minimum Gasteiger partial charge on any atom is -0.416 e. The van der Waals surface area contributed by atoms with Crippen LogP contribution in [-0.4, -0.2) is 36.4 Å². The molecule has 4 rings (SSSR count). The van der Waals surface area contributed by atoms with Crippen molar-refractivity contribution < 1.29 is 4.43 Å². The molecule has 1 aliphatic rings. The highest BCUT2D eigenvalue weighted by molar-refractivity contribution is 6.72. The summed E-state index contributed by atoms with van der Waals surface area (Å²) in [7, 11) is -1.80. The Hall–Kier alpha value is -3.28. The van der Waals surface area contributed by atoms with Crippen LogP contribution >= 0.6 is 0 Å². The third-order valence-electron chi connectivity index (χ3n) is 7.16. The fourth-order valence-electron chi connectivity index (χ4n) is 4.03. The summed E-state index contributed by atoms with van der Waals surface area (Å²) >= 11 is 0. The lowest BCUT2D eigenvalue weighted by Gasteiger charge is -2.33. The molecule has 0 bridgehead atoms. The summed E-state index contributed by atoms with van der Waals surface area (Å²) in [5.41, 5.74) is 7.45. The van der Waals surface area contributed by atoms with Gasteiger partial charge >= 0.3 is 0 Å². The summed E-state index contributed by atoms with van der Waals surface area (Å²) < 4.78 is 6.54. The molecule has 0 saturated carbocycles. The van der Waals surface area contributed by atoms with Crippen molar-refractivity contribution in [3.05, 3.63) is 59.0 Å². The first-order valence-corrected chi connectivity index (χ1v) is 15.0. The lowest BCUT2D eigenvalue weighted by molar-refractivity contribution is 0.228. The Balaban J connectivity index is 1.68. The molecule has 0 unspecified atom stereocenters. The van der Waals surface area contributed by atoms with Crippen molar-refractivity contribution >= 4 is 25.6 Å². The Kier molecular flexibility index (Phi) is 6.67. The van der Waals surface area contributed by atoms with E-state index in [9.17, 15) is 5.26 Å². The lowest BCUT2D eigenvalue weighted by atomic mass is 9.83. The molecule has 2 aromatic heterocycles. The van der Waals surface area contributed by atoms with Crippen LogP contribution < -0.4 is 10.6 Å². The number of pyridine rings is 1. The number of rotatable bonds is 7. The maximum absolute atomic E-state index is 9.92. The zero-order valence-electron chi connectivity index (χ0n) is 21.7. The molecule has 1 aliphatic heterocycles. The molecule has 2 N–H and O–H groups in total. The third kappa shape index (κ3) is 5.07. The molecule has 182 valence electrons. The third-order valence-corrected chi connectivity index (χ3v) is 10.8. The highest BCUT2D eigenvalue weighted by atomic mass is 28.4. The first kappa shape index (κ1) is 24.8. The fraction of sp³-hybridized carbons (Fsp3) is 0.407. The van der Waals surface area contributed by atoms with Gasteiger partial charge in [0.25, 0.3) is 0 Å². The molecule has 1 aromatic carbocycles. The van der Waals surface area contributed by atoms with E-state index in [2.05, 4.69) is 66.6 Å². The van der Waals surface area contributed by atoms with E-state index in [0.717, 1.165) is 46.0 Å². The zero-order chi connectivity index (χ0) is 25.4. The molecule has 0 aliphatic carbocycles. The van der Waals surface area contributed by atoms with E-state index in [1.807, 2.05) is 38.2 Å². The quantitative estimate of drug-likeness (QED) is 0.390. The van der Waals surface area contributed by atoms with Crippen LogP contribution in [0.5, 0.6) is 0 Å². The summed E-state index contributed by atoms with van der Waals surface area (Å²) in [6.45, 7) is 16.5. The second-order valence-electron chi connectivity index (χ2n) is 10.6. The van der Waals surface area contributed by atoms with Gasteiger partial charge in [-0.3, -0.25) is 4.98 Å². The summed E-state index contributed by atoms with van der Waals surface area (Å²) in [4.78, 5) is 13.5. The van der Waals surface area contributed by atoms with Crippen molar-refractivity contribution in [3.8, 4) is 17.3 Å². The van der Waals surface area contributed by atoms with E-state index in [1.165, 1.54) is 0 Å². The number of fused-ring (bicyclic) bond motifs is 1. The van der Waals surface area contributed by atoms with Gasteiger partial charge in [0.2, 0.25) is 5.95 Å². The summed E-state index contributed by atoms with van der Waals surface area (Å²) in [6, 6.07) is 10.3. The van der Waals surface area contributed by atoms with Gasteiger partial charge in [-0.1, -0.05) is 20.8 Å². The van der Waals surface area contributed by atoms with E-state index < -0.39 is 8.32 Å².